The number of hydrogen-bond acceptors (Lipinski definition) is 1. The van der Waals surface area contributed by atoms with E-state index in [-0.39, 0.29) is 0 Å². The van der Waals surface area contributed by atoms with Crippen molar-refractivity contribution in [3.63, 3.8) is 0 Å². The molecule has 0 radical (unpaired) electrons. The molecule has 0 saturated heterocycles. The van der Waals surface area contributed by atoms with Crippen molar-refractivity contribution in [2.75, 3.05) is 6.54 Å². The Morgan fingerprint density at radius 2 is 2.50 bits per heavy atom. The van der Waals surface area contributed by atoms with Gasteiger partial charge in [0.2, 0.25) is 0 Å². The van der Waals surface area contributed by atoms with Crippen LogP contribution < -0.4 is 5.32 Å². The summed E-state index contributed by atoms with van der Waals surface area (Å²) < 4.78 is 0. The van der Waals surface area contributed by atoms with Crippen LogP contribution in [-0.4, -0.2) is 12.6 Å². The van der Waals surface area contributed by atoms with Gasteiger partial charge in [0.25, 0.3) is 0 Å². The van der Waals surface area contributed by atoms with E-state index in [1.807, 2.05) is 0 Å². The van der Waals surface area contributed by atoms with Crippen LogP contribution in [-0.2, 0) is 0 Å². The molecule has 1 aliphatic rings. The molecule has 1 heterocycles. The zero-order valence-electron chi connectivity index (χ0n) is 5.35. The zero-order chi connectivity index (χ0) is 5.82. The van der Waals surface area contributed by atoms with Crippen molar-refractivity contribution < 1.29 is 0 Å². The van der Waals surface area contributed by atoms with Crippen molar-refractivity contribution >= 4 is 0 Å². The first kappa shape index (κ1) is 5.83. The molecule has 0 aromatic heterocycles. The first-order valence-electron chi connectivity index (χ1n) is 3.29. The lowest BCUT2D eigenvalue weighted by molar-refractivity contribution is 0.628. The molecular formula is C7H13N. The van der Waals surface area contributed by atoms with Crippen LogP contribution in [0.5, 0.6) is 0 Å². The second-order valence-corrected chi connectivity index (χ2v) is 2.31. The summed E-state index contributed by atoms with van der Waals surface area (Å²) in [4.78, 5) is 0. The van der Waals surface area contributed by atoms with Crippen molar-refractivity contribution in [1.82, 2.24) is 5.32 Å². The fourth-order valence-electron chi connectivity index (χ4n) is 0.918. The van der Waals surface area contributed by atoms with Gasteiger partial charge < -0.3 is 5.32 Å². The summed E-state index contributed by atoms with van der Waals surface area (Å²) in [5.74, 6) is 0. The highest BCUT2D eigenvalue weighted by molar-refractivity contribution is 4.92. The average molecular weight is 111 g/mol. The minimum absolute atomic E-state index is 0.595. The predicted molar refractivity (Wildman–Crippen MR) is 35.8 cm³/mol. The minimum atomic E-state index is 0.595. The van der Waals surface area contributed by atoms with Crippen LogP contribution in [0.3, 0.4) is 0 Å². The molecule has 1 unspecified atom stereocenters. The lowest BCUT2D eigenvalue weighted by Crippen LogP contribution is -2.23. The van der Waals surface area contributed by atoms with E-state index in [4.69, 9.17) is 0 Å². The number of allylic oxidation sites excluding steroid dienone is 1. The van der Waals surface area contributed by atoms with Crippen LogP contribution >= 0.6 is 0 Å². The maximum absolute atomic E-state index is 3.36. The van der Waals surface area contributed by atoms with Gasteiger partial charge in [0, 0.05) is 6.04 Å². The molecule has 0 bridgehead atoms. The largest absolute Gasteiger partial charge is 0.311 e. The van der Waals surface area contributed by atoms with Gasteiger partial charge in [-0.15, -0.1) is 0 Å². The maximum Gasteiger partial charge on any atom is 0.0221 e. The summed E-state index contributed by atoms with van der Waals surface area (Å²) in [6.45, 7) is 3.36. The third-order valence-electron chi connectivity index (χ3n) is 1.44. The normalized spacial score (nSPS) is 29.9. The first-order valence-corrected chi connectivity index (χ1v) is 3.29. The van der Waals surface area contributed by atoms with Crippen LogP contribution in [0.2, 0.25) is 0 Å². The standard InChI is InChI=1S/C7H13N/c1-7-5-3-2-4-6-8-7/h3,5,7-8H,2,4,6H2,1H3. The fraction of sp³-hybridized carbons (Fsp3) is 0.714. The number of nitrogens with one attached hydrogen (secondary N) is 1. The average Bonchev–Trinajstić information content (AvgIpc) is 1.94. The van der Waals surface area contributed by atoms with E-state index >= 15 is 0 Å². The molecule has 0 saturated carbocycles. The Bertz CT molecular complexity index is 86.4. The topological polar surface area (TPSA) is 12.0 Å². The van der Waals surface area contributed by atoms with E-state index in [1.165, 1.54) is 19.4 Å². The molecule has 1 heteroatoms. The van der Waals surface area contributed by atoms with Gasteiger partial charge in [0.1, 0.15) is 0 Å². The van der Waals surface area contributed by atoms with Crippen molar-refractivity contribution in [2.45, 2.75) is 25.8 Å². The molecule has 46 valence electrons. The van der Waals surface area contributed by atoms with Gasteiger partial charge in [-0.1, -0.05) is 12.2 Å². The molecule has 0 fully saturated rings. The summed E-state index contributed by atoms with van der Waals surface area (Å²) in [6, 6.07) is 0.595. The Labute approximate surface area is 50.8 Å². The third kappa shape index (κ3) is 1.66. The van der Waals surface area contributed by atoms with Gasteiger partial charge in [0.05, 0.1) is 0 Å². The molecule has 8 heavy (non-hydrogen) atoms. The van der Waals surface area contributed by atoms with E-state index < -0.39 is 0 Å². The summed E-state index contributed by atoms with van der Waals surface area (Å²) in [5, 5.41) is 3.36. The Hall–Kier alpha value is -0.300. The molecule has 1 aliphatic heterocycles. The highest BCUT2D eigenvalue weighted by atomic mass is 14.9. The molecule has 0 amide bonds. The summed E-state index contributed by atoms with van der Waals surface area (Å²) in [5.41, 5.74) is 0. The maximum atomic E-state index is 3.36. The molecule has 1 N–H and O–H groups in total. The van der Waals surface area contributed by atoms with Crippen LogP contribution in [0.4, 0.5) is 0 Å². The number of hydrogen-bond donors (Lipinski definition) is 1. The van der Waals surface area contributed by atoms with Gasteiger partial charge in [-0.2, -0.15) is 0 Å². The van der Waals surface area contributed by atoms with Crippen molar-refractivity contribution in [3.8, 4) is 0 Å². The summed E-state index contributed by atoms with van der Waals surface area (Å²) >= 11 is 0. The van der Waals surface area contributed by atoms with Gasteiger partial charge in [-0.3, -0.25) is 0 Å². The van der Waals surface area contributed by atoms with Crippen LogP contribution in [0.25, 0.3) is 0 Å². The summed E-state index contributed by atoms with van der Waals surface area (Å²) in [6.07, 6.45) is 7.02. The molecule has 1 nitrogen and oxygen atoms in total. The lowest BCUT2D eigenvalue weighted by atomic mass is 10.3. The Morgan fingerprint density at radius 1 is 1.62 bits per heavy atom. The molecule has 0 aliphatic carbocycles. The Balaban J connectivity index is 2.33. The van der Waals surface area contributed by atoms with Crippen molar-refractivity contribution in [2.24, 2.45) is 0 Å². The molecule has 1 atom stereocenters. The monoisotopic (exact) mass is 111 g/mol. The van der Waals surface area contributed by atoms with E-state index in [2.05, 4.69) is 24.4 Å². The van der Waals surface area contributed by atoms with Crippen molar-refractivity contribution in [1.29, 1.82) is 0 Å². The van der Waals surface area contributed by atoms with Gasteiger partial charge in [-0.05, 0) is 26.3 Å². The van der Waals surface area contributed by atoms with Crippen LogP contribution in [0, 0.1) is 0 Å². The van der Waals surface area contributed by atoms with E-state index in [1.54, 1.807) is 0 Å². The smallest absolute Gasteiger partial charge is 0.0221 e. The third-order valence-corrected chi connectivity index (χ3v) is 1.44. The molecule has 0 aromatic carbocycles. The first-order chi connectivity index (χ1) is 3.89. The quantitative estimate of drug-likeness (QED) is 0.465. The Kier molecular flexibility index (Phi) is 2.10. The van der Waals surface area contributed by atoms with Crippen LogP contribution in [0.15, 0.2) is 12.2 Å². The highest BCUT2D eigenvalue weighted by Gasteiger charge is 1.96. The van der Waals surface area contributed by atoms with Crippen molar-refractivity contribution in [3.05, 3.63) is 12.2 Å². The minimum Gasteiger partial charge on any atom is -0.311 e. The fourth-order valence-corrected chi connectivity index (χ4v) is 0.918. The predicted octanol–water partition coefficient (Wildman–Crippen LogP) is 1.31. The zero-order valence-corrected chi connectivity index (χ0v) is 5.35. The van der Waals surface area contributed by atoms with E-state index in [0.29, 0.717) is 6.04 Å². The van der Waals surface area contributed by atoms with E-state index in [9.17, 15) is 0 Å². The van der Waals surface area contributed by atoms with Crippen LogP contribution in [0.1, 0.15) is 19.8 Å². The molecular weight excluding hydrogens is 98.1 g/mol. The highest BCUT2D eigenvalue weighted by Crippen LogP contribution is 1.97. The van der Waals surface area contributed by atoms with E-state index in [0.717, 1.165) is 0 Å². The SMILES string of the molecule is CC1C=CCCCN1. The molecule has 1 rings (SSSR count). The van der Waals surface area contributed by atoms with Gasteiger partial charge >= 0.3 is 0 Å². The second kappa shape index (κ2) is 2.88. The number of rotatable bonds is 0. The second-order valence-electron chi connectivity index (χ2n) is 2.31. The summed E-state index contributed by atoms with van der Waals surface area (Å²) in [7, 11) is 0. The molecule has 0 spiro atoms. The molecule has 0 aromatic rings. The lowest BCUT2D eigenvalue weighted by Gasteiger charge is -2.03. The van der Waals surface area contributed by atoms with Gasteiger partial charge in [0.15, 0.2) is 0 Å². The van der Waals surface area contributed by atoms with Gasteiger partial charge in [-0.25, -0.2) is 0 Å². The Morgan fingerprint density at radius 3 is 3.38 bits per heavy atom.